The molecule has 14 heavy (non-hydrogen) atoms. The van der Waals surface area contributed by atoms with Gasteiger partial charge in [-0.1, -0.05) is 37.6 Å². The van der Waals surface area contributed by atoms with Crippen LogP contribution < -0.4 is 0 Å². The quantitative estimate of drug-likeness (QED) is 0.658. The summed E-state index contributed by atoms with van der Waals surface area (Å²) in [7, 11) is 0. The SMILES string of the molecule is CC(C)CC(CCl)c1ccc(Cl)cc1. The summed E-state index contributed by atoms with van der Waals surface area (Å²) < 4.78 is 0. The van der Waals surface area contributed by atoms with E-state index < -0.39 is 0 Å². The second-order valence-corrected chi connectivity index (χ2v) is 4.78. The van der Waals surface area contributed by atoms with Gasteiger partial charge in [0.25, 0.3) is 0 Å². The molecule has 0 fully saturated rings. The molecule has 0 aliphatic heterocycles. The summed E-state index contributed by atoms with van der Waals surface area (Å²) in [5, 5.41) is 0.784. The van der Waals surface area contributed by atoms with Gasteiger partial charge >= 0.3 is 0 Å². The molecule has 2 heteroatoms. The Morgan fingerprint density at radius 1 is 1.14 bits per heavy atom. The highest BCUT2D eigenvalue weighted by atomic mass is 35.5. The van der Waals surface area contributed by atoms with Gasteiger partial charge in [-0.15, -0.1) is 11.6 Å². The molecule has 0 saturated heterocycles. The normalized spacial score (nSPS) is 13.2. The maximum atomic E-state index is 5.95. The molecule has 1 aromatic rings. The molecule has 0 amide bonds. The van der Waals surface area contributed by atoms with Crippen molar-refractivity contribution in [3.63, 3.8) is 0 Å². The van der Waals surface area contributed by atoms with Gasteiger partial charge in [0.2, 0.25) is 0 Å². The fraction of sp³-hybridized carbons (Fsp3) is 0.500. The molecule has 0 saturated carbocycles. The summed E-state index contributed by atoms with van der Waals surface area (Å²) in [5.74, 6) is 1.81. The summed E-state index contributed by atoms with van der Waals surface area (Å²) in [6, 6.07) is 7.99. The van der Waals surface area contributed by atoms with E-state index in [9.17, 15) is 0 Å². The highest BCUT2D eigenvalue weighted by Crippen LogP contribution is 2.26. The van der Waals surface area contributed by atoms with Crippen LogP contribution in [-0.2, 0) is 0 Å². The molecule has 0 radical (unpaired) electrons. The van der Waals surface area contributed by atoms with Crippen LogP contribution in [0.2, 0.25) is 5.02 Å². The van der Waals surface area contributed by atoms with Crippen LogP contribution in [0, 0.1) is 5.92 Å². The van der Waals surface area contributed by atoms with Crippen LogP contribution in [0.5, 0.6) is 0 Å². The van der Waals surface area contributed by atoms with Gasteiger partial charge in [-0.3, -0.25) is 0 Å². The Kier molecular flexibility index (Phi) is 4.77. The third kappa shape index (κ3) is 3.51. The molecule has 1 aromatic carbocycles. The Labute approximate surface area is 96.2 Å². The third-order valence-electron chi connectivity index (χ3n) is 2.28. The van der Waals surface area contributed by atoms with Crippen molar-refractivity contribution in [1.29, 1.82) is 0 Å². The zero-order valence-electron chi connectivity index (χ0n) is 8.63. The average molecular weight is 231 g/mol. The smallest absolute Gasteiger partial charge is 0.0406 e. The van der Waals surface area contributed by atoms with Crippen molar-refractivity contribution in [2.24, 2.45) is 5.92 Å². The Morgan fingerprint density at radius 2 is 1.71 bits per heavy atom. The molecule has 1 rings (SSSR count). The first-order valence-corrected chi connectivity index (χ1v) is 5.86. The highest BCUT2D eigenvalue weighted by Gasteiger charge is 2.11. The number of halogens is 2. The summed E-state index contributed by atoms with van der Waals surface area (Å²) in [4.78, 5) is 0. The first-order valence-electron chi connectivity index (χ1n) is 4.95. The van der Waals surface area contributed by atoms with Gasteiger partial charge in [0.1, 0.15) is 0 Å². The van der Waals surface area contributed by atoms with Crippen molar-refractivity contribution in [3.05, 3.63) is 34.9 Å². The van der Waals surface area contributed by atoms with E-state index in [0.29, 0.717) is 17.7 Å². The molecule has 0 aromatic heterocycles. The van der Waals surface area contributed by atoms with E-state index in [1.807, 2.05) is 12.1 Å². The van der Waals surface area contributed by atoms with Gasteiger partial charge in [-0.25, -0.2) is 0 Å². The Morgan fingerprint density at radius 3 is 2.14 bits per heavy atom. The first-order chi connectivity index (χ1) is 6.63. The topological polar surface area (TPSA) is 0 Å². The predicted octanol–water partition coefficient (Wildman–Crippen LogP) is 4.71. The number of hydrogen-bond donors (Lipinski definition) is 0. The molecule has 0 bridgehead atoms. The molecule has 0 heterocycles. The molecule has 78 valence electrons. The molecule has 1 unspecified atom stereocenters. The summed E-state index contributed by atoms with van der Waals surface area (Å²) in [5.41, 5.74) is 1.29. The molecule has 0 spiro atoms. The maximum absolute atomic E-state index is 5.95. The molecule has 0 aliphatic rings. The minimum atomic E-state index is 0.453. The largest absolute Gasteiger partial charge is 0.126 e. The lowest BCUT2D eigenvalue weighted by molar-refractivity contribution is 0.526. The first kappa shape index (κ1) is 11.9. The van der Waals surface area contributed by atoms with E-state index in [1.165, 1.54) is 5.56 Å². The fourth-order valence-corrected chi connectivity index (χ4v) is 2.02. The summed E-state index contributed by atoms with van der Waals surface area (Å²) >= 11 is 11.8. The average Bonchev–Trinajstić information content (AvgIpc) is 2.15. The van der Waals surface area contributed by atoms with Gasteiger partial charge in [0.05, 0.1) is 0 Å². The zero-order valence-corrected chi connectivity index (χ0v) is 10.1. The molecule has 1 atom stereocenters. The number of benzene rings is 1. The van der Waals surface area contributed by atoms with Crippen molar-refractivity contribution in [2.45, 2.75) is 26.2 Å². The minimum Gasteiger partial charge on any atom is -0.126 e. The Hall–Kier alpha value is -0.200. The molecular formula is C12H16Cl2. The summed E-state index contributed by atoms with van der Waals surface area (Å²) in [6.45, 7) is 4.44. The van der Waals surface area contributed by atoms with E-state index in [0.717, 1.165) is 11.4 Å². The van der Waals surface area contributed by atoms with Crippen LogP contribution in [0.4, 0.5) is 0 Å². The van der Waals surface area contributed by atoms with E-state index in [-0.39, 0.29) is 0 Å². The van der Waals surface area contributed by atoms with Gasteiger partial charge in [-0.2, -0.15) is 0 Å². The van der Waals surface area contributed by atoms with Crippen molar-refractivity contribution in [1.82, 2.24) is 0 Å². The van der Waals surface area contributed by atoms with Gasteiger partial charge in [-0.05, 0) is 36.0 Å². The van der Waals surface area contributed by atoms with Crippen molar-refractivity contribution in [3.8, 4) is 0 Å². The monoisotopic (exact) mass is 230 g/mol. The van der Waals surface area contributed by atoms with Crippen molar-refractivity contribution >= 4 is 23.2 Å². The lowest BCUT2D eigenvalue weighted by atomic mass is 9.92. The highest BCUT2D eigenvalue weighted by molar-refractivity contribution is 6.30. The molecular weight excluding hydrogens is 215 g/mol. The van der Waals surface area contributed by atoms with E-state index in [2.05, 4.69) is 26.0 Å². The van der Waals surface area contributed by atoms with Crippen LogP contribution in [-0.4, -0.2) is 5.88 Å². The number of hydrogen-bond acceptors (Lipinski definition) is 0. The Balaban J connectivity index is 2.73. The van der Waals surface area contributed by atoms with Gasteiger partial charge in [0, 0.05) is 10.9 Å². The zero-order chi connectivity index (χ0) is 10.6. The van der Waals surface area contributed by atoms with Crippen LogP contribution in [0.25, 0.3) is 0 Å². The van der Waals surface area contributed by atoms with Crippen LogP contribution in [0.15, 0.2) is 24.3 Å². The van der Waals surface area contributed by atoms with Crippen LogP contribution >= 0.6 is 23.2 Å². The van der Waals surface area contributed by atoms with Crippen molar-refractivity contribution in [2.75, 3.05) is 5.88 Å². The minimum absolute atomic E-state index is 0.453. The van der Waals surface area contributed by atoms with Crippen LogP contribution in [0.3, 0.4) is 0 Å². The third-order valence-corrected chi connectivity index (χ3v) is 2.91. The van der Waals surface area contributed by atoms with E-state index in [4.69, 9.17) is 23.2 Å². The Bertz CT molecular complexity index is 264. The summed E-state index contributed by atoms with van der Waals surface area (Å²) in [6.07, 6.45) is 1.13. The van der Waals surface area contributed by atoms with E-state index >= 15 is 0 Å². The lowest BCUT2D eigenvalue weighted by Gasteiger charge is -2.16. The maximum Gasteiger partial charge on any atom is 0.0406 e. The van der Waals surface area contributed by atoms with Crippen LogP contribution in [0.1, 0.15) is 31.7 Å². The van der Waals surface area contributed by atoms with E-state index in [1.54, 1.807) is 0 Å². The lowest BCUT2D eigenvalue weighted by Crippen LogP contribution is -2.04. The number of alkyl halides is 1. The molecule has 0 nitrogen and oxygen atoms in total. The number of rotatable bonds is 4. The van der Waals surface area contributed by atoms with Gasteiger partial charge in [0.15, 0.2) is 0 Å². The fourth-order valence-electron chi connectivity index (χ4n) is 1.59. The predicted molar refractivity (Wildman–Crippen MR) is 64.4 cm³/mol. The second-order valence-electron chi connectivity index (χ2n) is 4.03. The van der Waals surface area contributed by atoms with Crippen molar-refractivity contribution < 1.29 is 0 Å². The molecule has 0 N–H and O–H groups in total. The molecule has 0 aliphatic carbocycles. The second kappa shape index (κ2) is 5.63. The van der Waals surface area contributed by atoms with Gasteiger partial charge < -0.3 is 0 Å². The standard InChI is InChI=1S/C12H16Cl2/c1-9(2)7-11(8-13)10-3-5-12(14)6-4-10/h3-6,9,11H,7-8H2,1-2H3.